The zero-order valence-electron chi connectivity index (χ0n) is 9.54. The number of methoxy groups -OCH3 is 1. The Kier molecular flexibility index (Phi) is 5.45. The van der Waals surface area contributed by atoms with Gasteiger partial charge in [0.1, 0.15) is 0 Å². The van der Waals surface area contributed by atoms with Crippen LogP contribution >= 0.6 is 0 Å². The number of ether oxygens (including phenoxy) is 1. The van der Waals surface area contributed by atoms with Crippen LogP contribution in [0.15, 0.2) is 0 Å². The fourth-order valence-corrected chi connectivity index (χ4v) is 2.29. The third-order valence-electron chi connectivity index (χ3n) is 3.31. The Morgan fingerprint density at radius 3 is 2.50 bits per heavy atom. The monoisotopic (exact) mass is 200 g/mol. The molecule has 3 nitrogen and oxygen atoms in total. The number of likely N-dealkylation sites (tertiary alicyclic amines) is 1. The zero-order valence-corrected chi connectivity index (χ0v) is 9.54. The standard InChI is InChI=1S/C11H24N2O/c1-3-11(8-12)13-6-4-10(5-7-13)9-14-2/h10-11H,3-9,12H2,1-2H3. The maximum Gasteiger partial charge on any atom is 0.0491 e. The number of nitrogens with two attached hydrogens (primary N) is 1. The van der Waals surface area contributed by atoms with Gasteiger partial charge in [-0.1, -0.05) is 6.92 Å². The fourth-order valence-electron chi connectivity index (χ4n) is 2.29. The van der Waals surface area contributed by atoms with Crippen molar-refractivity contribution in [3.05, 3.63) is 0 Å². The van der Waals surface area contributed by atoms with Crippen LogP contribution < -0.4 is 5.73 Å². The molecule has 1 aliphatic rings. The summed E-state index contributed by atoms with van der Waals surface area (Å²) in [6.07, 6.45) is 3.71. The van der Waals surface area contributed by atoms with Crippen LogP contribution in [0.1, 0.15) is 26.2 Å². The first-order valence-electron chi connectivity index (χ1n) is 5.74. The van der Waals surface area contributed by atoms with E-state index in [9.17, 15) is 0 Å². The van der Waals surface area contributed by atoms with Gasteiger partial charge in [-0.3, -0.25) is 4.90 Å². The first-order chi connectivity index (χ1) is 6.81. The number of rotatable bonds is 5. The summed E-state index contributed by atoms with van der Waals surface area (Å²) in [5.41, 5.74) is 5.74. The minimum atomic E-state index is 0.596. The van der Waals surface area contributed by atoms with Gasteiger partial charge in [0.15, 0.2) is 0 Å². The minimum Gasteiger partial charge on any atom is -0.384 e. The van der Waals surface area contributed by atoms with Crippen LogP contribution in [-0.4, -0.2) is 44.3 Å². The zero-order chi connectivity index (χ0) is 10.4. The molecule has 0 bridgehead atoms. The van der Waals surface area contributed by atoms with Gasteiger partial charge >= 0.3 is 0 Å². The number of hydrogen-bond acceptors (Lipinski definition) is 3. The van der Waals surface area contributed by atoms with Gasteiger partial charge in [0.05, 0.1) is 0 Å². The van der Waals surface area contributed by atoms with Gasteiger partial charge in [-0.15, -0.1) is 0 Å². The van der Waals surface area contributed by atoms with Gasteiger partial charge < -0.3 is 10.5 Å². The van der Waals surface area contributed by atoms with Gasteiger partial charge in [-0.25, -0.2) is 0 Å². The van der Waals surface area contributed by atoms with Crippen LogP contribution in [0.4, 0.5) is 0 Å². The molecule has 1 unspecified atom stereocenters. The summed E-state index contributed by atoms with van der Waals surface area (Å²) in [5.74, 6) is 0.770. The van der Waals surface area contributed by atoms with Gasteiger partial charge in [0.25, 0.3) is 0 Å². The first kappa shape index (κ1) is 12.0. The Morgan fingerprint density at radius 1 is 1.43 bits per heavy atom. The highest BCUT2D eigenvalue weighted by molar-refractivity contribution is 4.78. The van der Waals surface area contributed by atoms with Crippen LogP contribution in [0.5, 0.6) is 0 Å². The molecular weight excluding hydrogens is 176 g/mol. The predicted octanol–water partition coefficient (Wildman–Crippen LogP) is 1.08. The summed E-state index contributed by atoms with van der Waals surface area (Å²) in [6, 6.07) is 0.596. The molecule has 0 aromatic carbocycles. The Labute approximate surface area is 87.6 Å². The lowest BCUT2D eigenvalue weighted by Gasteiger charge is -2.36. The molecule has 0 amide bonds. The minimum absolute atomic E-state index is 0.596. The van der Waals surface area contributed by atoms with E-state index in [0.29, 0.717) is 6.04 Å². The first-order valence-corrected chi connectivity index (χ1v) is 5.74. The van der Waals surface area contributed by atoms with Gasteiger partial charge in [-0.05, 0) is 38.3 Å². The molecule has 0 aromatic heterocycles. The van der Waals surface area contributed by atoms with E-state index < -0.39 is 0 Å². The highest BCUT2D eigenvalue weighted by Crippen LogP contribution is 2.19. The molecule has 1 fully saturated rings. The molecule has 3 heteroatoms. The van der Waals surface area contributed by atoms with Gasteiger partial charge in [0, 0.05) is 26.3 Å². The molecule has 0 aliphatic carbocycles. The number of piperidine rings is 1. The Hall–Kier alpha value is -0.120. The molecule has 1 rings (SSSR count). The summed E-state index contributed by atoms with van der Waals surface area (Å²) < 4.78 is 5.19. The molecule has 0 aromatic rings. The van der Waals surface area contributed by atoms with E-state index in [4.69, 9.17) is 10.5 Å². The van der Waals surface area contributed by atoms with Crippen molar-refractivity contribution in [2.24, 2.45) is 11.7 Å². The van der Waals surface area contributed by atoms with Crippen LogP contribution in [0.3, 0.4) is 0 Å². The maximum atomic E-state index is 5.74. The van der Waals surface area contributed by atoms with Crippen molar-refractivity contribution in [1.29, 1.82) is 0 Å². The molecule has 0 spiro atoms. The smallest absolute Gasteiger partial charge is 0.0491 e. The Balaban J connectivity index is 2.27. The van der Waals surface area contributed by atoms with Crippen LogP contribution in [-0.2, 0) is 4.74 Å². The number of hydrogen-bond donors (Lipinski definition) is 1. The van der Waals surface area contributed by atoms with Crippen molar-refractivity contribution < 1.29 is 4.74 Å². The van der Waals surface area contributed by atoms with Crippen molar-refractivity contribution >= 4 is 0 Å². The summed E-state index contributed by atoms with van der Waals surface area (Å²) in [5, 5.41) is 0. The summed E-state index contributed by atoms with van der Waals surface area (Å²) >= 11 is 0. The second kappa shape index (κ2) is 6.38. The van der Waals surface area contributed by atoms with E-state index in [1.165, 1.54) is 32.4 Å². The average Bonchev–Trinajstić information content (AvgIpc) is 2.23. The fraction of sp³-hybridized carbons (Fsp3) is 1.00. The molecule has 0 radical (unpaired) electrons. The Morgan fingerprint density at radius 2 is 2.07 bits per heavy atom. The summed E-state index contributed by atoms with van der Waals surface area (Å²) in [4.78, 5) is 2.53. The van der Waals surface area contributed by atoms with Crippen LogP contribution in [0.25, 0.3) is 0 Å². The molecule has 1 atom stereocenters. The third-order valence-corrected chi connectivity index (χ3v) is 3.31. The summed E-state index contributed by atoms with van der Waals surface area (Å²) in [6.45, 7) is 6.34. The molecule has 2 N–H and O–H groups in total. The van der Waals surface area contributed by atoms with Crippen molar-refractivity contribution in [2.75, 3.05) is 33.4 Å². The molecule has 1 saturated heterocycles. The molecular formula is C11H24N2O. The molecule has 1 heterocycles. The lowest BCUT2D eigenvalue weighted by atomic mass is 9.96. The predicted molar refractivity (Wildman–Crippen MR) is 59.3 cm³/mol. The van der Waals surface area contributed by atoms with E-state index in [1.54, 1.807) is 7.11 Å². The van der Waals surface area contributed by atoms with E-state index in [2.05, 4.69) is 11.8 Å². The van der Waals surface area contributed by atoms with E-state index in [1.807, 2.05) is 0 Å². The normalized spacial score (nSPS) is 22.5. The van der Waals surface area contributed by atoms with Crippen molar-refractivity contribution in [2.45, 2.75) is 32.2 Å². The van der Waals surface area contributed by atoms with Crippen LogP contribution in [0.2, 0.25) is 0 Å². The molecule has 0 saturated carbocycles. The lowest BCUT2D eigenvalue weighted by Crippen LogP contribution is -2.45. The third kappa shape index (κ3) is 3.23. The van der Waals surface area contributed by atoms with E-state index >= 15 is 0 Å². The average molecular weight is 200 g/mol. The molecule has 14 heavy (non-hydrogen) atoms. The van der Waals surface area contributed by atoms with E-state index in [0.717, 1.165) is 19.1 Å². The van der Waals surface area contributed by atoms with Crippen molar-refractivity contribution in [1.82, 2.24) is 4.90 Å². The molecule has 1 aliphatic heterocycles. The highest BCUT2D eigenvalue weighted by Gasteiger charge is 2.22. The lowest BCUT2D eigenvalue weighted by molar-refractivity contribution is 0.0802. The van der Waals surface area contributed by atoms with Gasteiger partial charge in [0.2, 0.25) is 0 Å². The number of nitrogens with zero attached hydrogens (tertiary/aromatic N) is 1. The van der Waals surface area contributed by atoms with E-state index in [-0.39, 0.29) is 0 Å². The second-order valence-electron chi connectivity index (χ2n) is 4.23. The quantitative estimate of drug-likeness (QED) is 0.722. The molecule has 84 valence electrons. The highest BCUT2D eigenvalue weighted by atomic mass is 16.5. The van der Waals surface area contributed by atoms with Crippen LogP contribution in [0, 0.1) is 5.92 Å². The summed E-state index contributed by atoms with van der Waals surface area (Å²) in [7, 11) is 1.79. The largest absolute Gasteiger partial charge is 0.384 e. The SMILES string of the molecule is CCC(CN)N1CCC(COC)CC1. The maximum absolute atomic E-state index is 5.74. The topological polar surface area (TPSA) is 38.5 Å². The van der Waals surface area contributed by atoms with Crippen molar-refractivity contribution in [3.8, 4) is 0 Å². The van der Waals surface area contributed by atoms with Crippen molar-refractivity contribution in [3.63, 3.8) is 0 Å². The van der Waals surface area contributed by atoms with Gasteiger partial charge in [-0.2, -0.15) is 0 Å². The second-order valence-corrected chi connectivity index (χ2v) is 4.23. The Bertz CT molecular complexity index is 140.